The predicted octanol–water partition coefficient (Wildman–Crippen LogP) is 1.92. The van der Waals surface area contributed by atoms with Gasteiger partial charge in [0.25, 0.3) is 0 Å². The number of fused-ring (bicyclic) bond motifs is 2. The van der Waals surface area contributed by atoms with Crippen LogP contribution in [0, 0.1) is 5.92 Å². The van der Waals surface area contributed by atoms with E-state index < -0.39 is 0 Å². The molecule has 3 atom stereocenters. The van der Waals surface area contributed by atoms with Crippen molar-refractivity contribution in [3.05, 3.63) is 43.0 Å². The van der Waals surface area contributed by atoms with Crippen LogP contribution < -0.4 is 9.64 Å². The van der Waals surface area contributed by atoms with Crippen LogP contribution in [0.15, 0.2) is 43.0 Å². The van der Waals surface area contributed by atoms with E-state index in [1.807, 2.05) is 18.2 Å². The molecule has 0 unspecified atom stereocenters. The van der Waals surface area contributed by atoms with E-state index in [2.05, 4.69) is 19.9 Å². The van der Waals surface area contributed by atoms with Crippen molar-refractivity contribution in [3.8, 4) is 5.75 Å². The second-order valence-corrected chi connectivity index (χ2v) is 5.43. The molecule has 5 nitrogen and oxygen atoms in total. The van der Waals surface area contributed by atoms with E-state index in [1.165, 1.54) is 6.42 Å². The lowest BCUT2D eigenvalue weighted by Gasteiger charge is -2.31. The highest BCUT2D eigenvalue weighted by Crippen LogP contribution is 2.40. The summed E-state index contributed by atoms with van der Waals surface area (Å²) in [5, 5.41) is 0. The first kappa shape index (κ1) is 11.6. The highest BCUT2D eigenvalue weighted by Gasteiger charge is 2.46. The van der Waals surface area contributed by atoms with Gasteiger partial charge in [0.05, 0.1) is 6.20 Å². The molecule has 0 radical (unpaired) electrons. The topological polar surface area (TPSA) is 51.1 Å². The van der Waals surface area contributed by atoms with Crippen molar-refractivity contribution in [2.75, 3.05) is 11.4 Å². The van der Waals surface area contributed by atoms with Crippen molar-refractivity contribution in [2.45, 2.75) is 25.0 Å². The van der Waals surface area contributed by atoms with Crippen LogP contribution in [-0.2, 0) is 0 Å². The molecule has 0 amide bonds. The molecule has 2 aromatic heterocycles. The van der Waals surface area contributed by atoms with Gasteiger partial charge in [0.1, 0.15) is 11.9 Å². The van der Waals surface area contributed by atoms with Crippen molar-refractivity contribution in [2.24, 2.45) is 5.92 Å². The fourth-order valence-corrected chi connectivity index (χ4v) is 3.33. The van der Waals surface area contributed by atoms with Gasteiger partial charge in [-0.3, -0.25) is 4.98 Å². The number of nitrogens with zero attached hydrogens (tertiary/aromatic N) is 4. The molecule has 0 aromatic carbocycles. The molecular weight excluding hydrogens is 252 g/mol. The van der Waals surface area contributed by atoms with Gasteiger partial charge in [-0.1, -0.05) is 0 Å². The number of ether oxygens (including phenoxy) is 1. The Morgan fingerprint density at radius 3 is 2.70 bits per heavy atom. The lowest BCUT2D eigenvalue weighted by Crippen LogP contribution is -2.40. The second kappa shape index (κ2) is 4.74. The number of pyridine rings is 1. The molecule has 1 saturated carbocycles. The number of anilines is 1. The third-order valence-corrected chi connectivity index (χ3v) is 4.21. The van der Waals surface area contributed by atoms with E-state index in [-0.39, 0.29) is 0 Å². The standard InChI is InChI=1S/C15H16N4O/c1-3-13(9-16-4-1)20-14-8-12-7-11(14)10-19(12)15-17-5-2-6-18-15/h1-6,9,11-12,14H,7-8,10H2/t11-,12+,14+/m1/s1. The summed E-state index contributed by atoms with van der Waals surface area (Å²) in [6.07, 6.45) is 9.66. The highest BCUT2D eigenvalue weighted by atomic mass is 16.5. The number of aromatic nitrogens is 3. The SMILES string of the molecule is c1cnc(N2C[C@H]3C[C@H]2C[C@@H]3Oc2cccnc2)nc1. The Labute approximate surface area is 117 Å². The average Bonchev–Trinajstić information content (AvgIpc) is 3.09. The van der Waals surface area contributed by atoms with E-state index in [1.54, 1.807) is 24.8 Å². The van der Waals surface area contributed by atoms with Gasteiger partial charge in [0, 0.05) is 43.5 Å². The summed E-state index contributed by atoms with van der Waals surface area (Å²) in [5.74, 6) is 2.27. The van der Waals surface area contributed by atoms with Gasteiger partial charge in [-0.05, 0) is 24.6 Å². The summed E-state index contributed by atoms with van der Waals surface area (Å²) in [4.78, 5) is 15.1. The number of hydrogen-bond acceptors (Lipinski definition) is 5. The monoisotopic (exact) mass is 268 g/mol. The summed E-state index contributed by atoms with van der Waals surface area (Å²) < 4.78 is 6.06. The minimum Gasteiger partial charge on any atom is -0.488 e. The van der Waals surface area contributed by atoms with E-state index in [0.717, 1.165) is 24.7 Å². The molecule has 1 aliphatic heterocycles. The lowest BCUT2D eigenvalue weighted by molar-refractivity contribution is 0.151. The molecule has 102 valence electrons. The quantitative estimate of drug-likeness (QED) is 0.851. The van der Waals surface area contributed by atoms with Gasteiger partial charge in [0.2, 0.25) is 5.95 Å². The van der Waals surface area contributed by atoms with Gasteiger partial charge in [-0.25, -0.2) is 9.97 Å². The van der Waals surface area contributed by atoms with Crippen LogP contribution in [0.2, 0.25) is 0 Å². The first-order valence-corrected chi connectivity index (χ1v) is 7.00. The van der Waals surface area contributed by atoms with E-state index in [9.17, 15) is 0 Å². The van der Waals surface area contributed by atoms with Gasteiger partial charge in [-0.2, -0.15) is 0 Å². The summed E-state index contributed by atoms with van der Waals surface area (Å²) in [5.41, 5.74) is 0. The van der Waals surface area contributed by atoms with Crippen LogP contribution in [0.3, 0.4) is 0 Å². The van der Waals surface area contributed by atoms with Crippen LogP contribution in [0.25, 0.3) is 0 Å². The van der Waals surface area contributed by atoms with Crippen LogP contribution in [0.1, 0.15) is 12.8 Å². The molecule has 2 aliphatic rings. The van der Waals surface area contributed by atoms with Crippen LogP contribution in [0.5, 0.6) is 5.75 Å². The molecule has 0 N–H and O–H groups in total. The smallest absolute Gasteiger partial charge is 0.225 e. The zero-order chi connectivity index (χ0) is 13.4. The molecule has 4 rings (SSSR count). The average molecular weight is 268 g/mol. The van der Waals surface area contributed by atoms with E-state index in [4.69, 9.17) is 4.74 Å². The van der Waals surface area contributed by atoms with Gasteiger partial charge in [-0.15, -0.1) is 0 Å². The van der Waals surface area contributed by atoms with Gasteiger partial charge < -0.3 is 9.64 Å². The Morgan fingerprint density at radius 1 is 1.10 bits per heavy atom. The largest absolute Gasteiger partial charge is 0.488 e. The van der Waals surface area contributed by atoms with E-state index >= 15 is 0 Å². The number of rotatable bonds is 3. The molecule has 2 aromatic rings. The molecule has 1 saturated heterocycles. The number of hydrogen-bond donors (Lipinski definition) is 0. The first-order chi connectivity index (χ1) is 9.90. The maximum absolute atomic E-state index is 6.06. The van der Waals surface area contributed by atoms with Crippen LogP contribution in [-0.4, -0.2) is 33.6 Å². The molecule has 2 bridgehead atoms. The van der Waals surface area contributed by atoms with Gasteiger partial charge >= 0.3 is 0 Å². The third kappa shape index (κ3) is 1.99. The Bertz CT molecular complexity index is 577. The highest BCUT2D eigenvalue weighted by molar-refractivity contribution is 5.35. The van der Waals surface area contributed by atoms with Crippen molar-refractivity contribution in [1.82, 2.24) is 15.0 Å². The van der Waals surface area contributed by atoms with Crippen molar-refractivity contribution in [1.29, 1.82) is 0 Å². The molecule has 5 heteroatoms. The second-order valence-electron chi connectivity index (χ2n) is 5.43. The summed E-state index contributed by atoms with van der Waals surface area (Å²) >= 11 is 0. The molecule has 1 aliphatic carbocycles. The fourth-order valence-electron chi connectivity index (χ4n) is 3.33. The lowest BCUT2D eigenvalue weighted by atomic mass is 10.1. The zero-order valence-electron chi connectivity index (χ0n) is 11.1. The molecular formula is C15H16N4O. The normalized spacial score (nSPS) is 27.8. The Kier molecular flexibility index (Phi) is 2.76. The Balaban J connectivity index is 1.45. The molecule has 2 fully saturated rings. The first-order valence-electron chi connectivity index (χ1n) is 7.00. The van der Waals surface area contributed by atoms with Crippen molar-refractivity contribution < 1.29 is 4.74 Å². The summed E-state index contributed by atoms with van der Waals surface area (Å²) in [6.45, 7) is 0.986. The third-order valence-electron chi connectivity index (χ3n) is 4.21. The molecule has 0 spiro atoms. The fraction of sp³-hybridized carbons (Fsp3) is 0.400. The minimum atomic E-state index is 0.296. The van der Waals surface area contributed by atoms with E-state index in [0.29, 0.717) is 18.1 Å². The van der Waals surface area contributed by atoms with Crippen LogP contribution in [0.4, 0.5) is 5.95 Å². The van der Waals surface area contributed by atoms with Crippen LogP contribution >= 0.6 is 0 Å². The maximum Gasteiger partial charge on any atom is 0.225 e. The zero-order valence-corrected chi connectivity index (χ0v) is 11.1. The van der Waals surface area contributed by atoms with Gasteiger partial charge in [0.15, 0.2) is 0 Å². The van der Waals surface area contributed by atoms with Crippen molar-refractivity contribution in [3.63, 3.8) is 0 Å². The molecule has 20 heavy (non-hydrogen) atoms. The number of piperidine rings is 1. The summed E-state index contributed by atoms with van der Waals surface area (Å²) in [6, 6.07) is 6.24. The molecule has 3 heterocycles. The minimum absolute atomic E-state index is 0.296. The van der Waals surface area contributed by atoms with Crippen molar-refractivity contribution >= 4 is 5.95 Å². The summed E-state index contributed by atoms with van der Waals surface area (Å²) in [7, 11) is 0. The Hall–Kier alpha value is -2.17. The maximum atomic E-state index is 6.06. The Morgan fingerprint density at radius 2 is 2.00 bits per heavy atom. The predicted molar refractivity (Wildman–Crippen MR) is 74.5 cm³/mol.